The second kappa shape index (κ2) is 9.70. The van der Waals surface area contributed by atoms with Gasteiger partial charge in [-0.25, -0.2) is 9.29 Å². The largest absolute Gasteiger partial charge is 0.465 e. The lowest BCUT2D eigenvalue weighted by Crippen LogP contribution is -2.32. The molecular formula is C25H18F4N2O5S2. The lowest BCUT2D eigenvalue weighted by Gasteiger charge is -2.30. The van der Waals surface area contributed by atoms with E-state index in [1.807, 2.05) is 0 Å². The van der Waals surface area contributed by atoms with Crippen molar-refractivity contribution in [3.05, 3.63) is 80.0 Å². The van der Waals surface area contributed by atoms with Gasteiger partial charge in [0.25, 0.3) is 0 Å². The maximum atomic E-state index is 13.7. The van der Waals surface area contributed by atoms with E-state index in [4.69, 9.17) is 4.74 Å². The average Bonchev–Trinajstić information content (AvgIpc) is 3.30. The molecule has 5 rings (SSSR count). The fourth-order valence-electron chi connectivity index (χ4n) is 4.70. The minimum atomic E-state index is -4.69. The standard InChI is InChI=1S/C25H18F4N2O5S2/c1-2-36-16(32)11-30-23-20(38-24(30)35)17(12-6-8-14(26)9-7-12)18-19(37-23)22(34)31(21(18)33)15-5-3-4-13(10-15)25(27,28)29/h3-10,17-19H,2,11H2,1H3/t17-,18-,19+/m0/s1. The highest BCUT2D eigenvalue weighted by Gasteiger charge is 2.57. The molecule has 3 heterocycles. The molecule has 7 nitrogen and oxygen atoms in total. The van der Waals surface area contributed by atoms with Crippen molar-refractivity contribution < 1.29 is 36.7 Å². The van der Waals surface area contributed by atoms with Crippen molar-refractivity contribution in [2.24, 2.45) is 5.92 Å². The Hall–Kier alpha value is -3.45. The fraction of sp³-hybridized carbons (Fsp3) is 0.280. The highest BCUT2D eigenvalue weighted by Crippen LogP contribution is 2.54. The molecule has 2 amide bonds. The van der Waals surface area contributed by atoms with Crippen LogP contribution in [0.5, 0.6) is 0 Å². The second-order valence-electron chi connectivity index (χ2n) is 8.58. The third-order valence-electron chi connectivity index (χ3n) is 6.30. The van der Waals surface area contributed by atoms with Gasteiger partial charge in [-0.15, -0.1) is 0 Å². The normalized spacial score (nSPS) is 20.9. The Kier molecular flexibility index (Phi) is 6.68. The summed E-state index contributed by atoms with van der Waals surface area (Å²) in [6, 6.07) is 9.14. The van der Waals surface area contributed by atoms with E-state index in [9.17, 15) is 36.7 Å². The van der Waals surface area contributed by atoms with Crippen LogP contribution < -0.4 is 9.77 Å². The smallest absolute Gasteiger partial charge is 0.416 e. The van der Waals surface area contributed by atoms with Gasteiger partial charge in [0.1, 0.15) is 17.6 Å². The van der Waals surface area contributed by atoms with Gasteiger partial charge in [0.2, 0.25) is 11.8 Å². The first-order chi connectivity index (χ1) is 18.0. The Bertz CT molecular complexity index is 1500. The van der Waals surface area contributed by atoms with Gasteiger partial charge >= 0.3 is 17.0 Å². The molecule has 0 unspecified atom stereocenters. The molecule has 2 aliphatic rings. The zero-order chi connectivity index (χ0) is 27.4. The average molecular weight is 567 g/mol. The van der Waals surface area contributed by atoms with Crippen LogP contribution in [0.25, 0.3) is 0 Å². The molecule has 0 aliphatic carbocycles. The first kappa shape index (κ1) is 26.2. The van der Waals surface area contributed by atoms with Crippen molar-refractivity contribution in [3.63, 3.8) is 0 Å². The van der Waals surface area contributed by atoms with Crippen LogP contribution >= 0.6 is 23.1 Å². The molecule has 0 N–H and O–H groups in total. The molecule has 2 aliphatic heterocycles. The number of imide groups is 1. The van der Waals surface area contributed by atoms with Crippen LogP contribution in [0, 0.1) is 11.7 Å². The second-order valence-corrected chi connectivity index (χ2v) is 10.7. The molecule has 0 spiro atoms. The number of fused-ring (bicyclic) bond motifs is 2. The number of nitrogens with zero attached hydrogens (tertiary/aromatic N) is 2. The number of alkyl halides is 3. The molecular weight excluding hydrogens is 548 g/mol. The van der Waals surface area contributed by atoms with E-state index in [1.165, 1.54) is 34.9 Å². The number of anilines is 1. The minimum absolute atomic E-state index is 0.0922. The van der Waals surface area contributed by atoms with Gasteiger partial charge in [0.15, 0.2) is 0 Å². The molecule has 3 atom stereocenters. The summed E-state index contributed by atoms with van der Waals surface area (Å²) in [5.41, 5.74) is -0.801. The van der Waals surface area contributed by atoms with Crippen LogP contribution in [-0.2, 0) is 31.8 Å². The summed E-state index contributed by atoms with van der Waals surface area (Å²) in [6.07, 6.45) is -4.69. The maximum absolute atomic E-state index is 13.7. The summed E-state index contributed by atoms with van der Waals surface area (Å²) >= 11 is 1.71. The van der Waals surface area contributed by atoms with Crippen LogP contribution in [0.2, 0.25) is 0 Å². The van der Waals surface area contributed by atoms with Crippen LogP contribution in [0.15, 0.2) is 58.4 Å². The maximum Gasteiger partial charge on any atom is 0.416 e. The number of esters is 1. The van der Waals surface area contributed by atoms with Gasteiger partial charge < -0.3 is 4.74 Å². The van der Waals surface area contributed by atoms with Crippen molar-refractivity contribution in [1.82, 2.24) is 4.57 Å². The first-order valence-corrected chi connectivity index (χ1v) is 13.1. The van der Waals surface area contributed by atoms with Crippen molar-refractivity contribution in [1.29, 1.82) is 0 Å². The SMILES string of the molecule is CCOC(=O)Cn1c2c(sc1=O)[C@@H](c1ccc(F)cc1)[C@@H]1C(=O)N(c3cccc(C(F)(F)F)c3)C(=O)[C@@H]1S2. The van der Waals surface area contributed by atoms with Crippen LogP contribution in [0.3, 0.4) is 0 Å². The van der Waals surface area contributed by atoms with Crippen LogP contribution in [-0.4, -0.2) is 34.2 Å². The molecule has 0 bridgehead atoms. The Morgan fingerprint density at radius 1 is 1.05 bits per heavy atom. The van der Waals surface area contributed by atoms with Crippen LogP contribution in [0.1, 0.15) is 28.8 Å². The summed E-state index contributed by atoms with van der Waals surface area (Å²) in [7, 11) is 0. The predicted molar refractivity (Wildman–Crippen MR) is 131 cm³/mol. The quantitative estimate of drug-likeness (QED) is 0.258. The van der Waals surface area contributed by atoms with E-state index >= 15 is 0 Å². The molecule has 1 saturated heterocycles. The number of halogens is 4. The zero-order valence-corrected chi connectivity index (χ0v) is 21.2. The van der Waals surface area contributed by atoms with Gasteiger partial charge in [-0.05, 0) is 42.8 Å². The number of aromatic nitrogens is 1. The monoisotopic (exact) mass is 566 g/mol. The number of thiazole rings is 1. The van der Waals surface area contributed by atoms with Gasteiger partial charge in [0, 0.05) is 10.8 Å². The molecule has 1 aromatic heterocycles. The fourth-order valence-corrected chi connectivity index (χ4v) is 7.47. The lowest BCUT2D eigenvalue weighted by molar-refractivity contribution is -0.144. The van der Waals surface area contributed by atoms with Gasteiger partial charge in [-0.2, -0.15) is 13.2 Å². The number of hydrogen-bond donors (Lipinski definition) is 0. The summed E-state index contributed by atoms with van der Waals surface area (Å²) in [4.78, 5) is 53.0. The first-order valence-electron chi connectivity index (χ1n) is 11.4. The zero-order valence-electron chi connectivity index (χ0n) is 19.5. The van der Waals surface area contributed by atoms with E-state index < -0.39 is 63.8 Å². The highest BCUT2D eigenvalue weighted by atomic mass is 32.2. The summed E-state index contributed by atoms with van der Waals surface area (Å²) in [6.45, 7) is 1.28. The van der Waals surface area contributed by atoms with E-state index in [0.717, 1.165) is 46.2 Å². The molecule has 2 aromatic carbocycles. The van der Waals surface area contributed by atoms with E-state index in [0.29, 0.717) is 10.4 Å². The topological polar surface area (TPSA) is 85.7 Å². The van der Waals surface area contributed by atoms with Crippen molar-refractivity contribution >= 4 is 46.6 Å². The van der Waals surface area contributed by atoms with Crippen molar-refractivity contribution in [2.75, 3.05) is 11.5 Å². The number of ether oxygens (including phenoxy) is 1. The van der Waals surface area contributed by atoms with Gasteiger partial charge in [0.05, 0.1) is 28.8 Å². The highest BCUT2D eigenvalue weighted by molar-refractivity contribution is 8.00. The van der Waals surface area contributed by atoms with E-state index in [2.05, 4.69) is 0 Å². The molecule has 38 heavy (non-hydrogen) atoms. The molecule has 0 saturated carbocycles. The third kappa shape index (κ3) is 4.43. The summed E-state index contributed by atoms with van der Waals surface area (Å²) in [5.74, 6) is -4.63. The number of amides is 2. The summed E-state index contributed by atoms with van der Waals surface area (Å²) in [5, 5.41) is -0.808. The molecule has 198 valence electrons. The van der Waals surface area contributed by atoms with Gasteiger partial charge in [-0.1, -0.05) is 41.3 Å². The van der Waals surface area contributed by atoms with Gasteiger partial charge in [-0.3, -0.25) is 23.7 Å². The Balaban J connectivity index is 1.63. The van der Waals surface area contributed by atoms with Crippen molar-refractivity contribution in [2.45, 2.75) is 35.8 Å². The van der Waals surface area contributed by atoms with E-state index in [-0.39, 0.29) is 17.3 Å². The van der Waals surface area contributed by atoms with Crippen molar-refractivity contribution in [3.8, 4) is 0 Å². The number of carbonyl (C=O) groups excluding carboxylic acids is 3. The third-order valence-corrected chi connectivity index (χ3v) is 8.91. The Morgan fingerprint density at radius 2 is 1.76 bits per heavy atom. The number of benzene rings is 2. The molecule has 0 radical (unpaired) electrons. The predicted octanol–water partition coefficient (Wildman–Crippen LogP) is 4.43. The molecule has 3 aromatic rings. The van der Waals surface area contributed by atoms with Crippen LogP contribution in [0.4, 0.5) is 23.2 Å². The number of rotatable bonds is 5. The minimum Gasteiger partial charge on any atom is -0.465 e. The number of carbonyl (C=O) groups is 3. The Morgan fingerprint density at radius 3 is 2.42 bits per heavy atom. The molecule has 13 heteroatoms. The number of thioether (sulfide) groups is 1. The Labute approximate surface area is 221 Å². The summed E-state index contributed by atoms with van der Waals surface area (Å²) < 4.78 is 59.9. The lowest BCUT2D eigenvalue weighted by atomic mass is 9.83. The van der Waals surface area contributed by atoms with E-state index in [1.54, 1.807) is 6.92 Å². The molecule has 1 fully saturated rings. The number of hydrogen-bond acceptors (Lipinski definition) is 7.